The van der Waals surface area contributed by atoms with Crippen LogP contribution in [0.15, 0.2) is 118 Å². The van der Waals surface area contributed by atoms with Gasteiger partial charge in [0.1, 0.15) is 59.2 Å². The van der Waals surface area contributed by atoms with Crippen LogP contribution < -0.4 is 47.9 Å². The molecule has 92 heavy (non-hydrogen) atoms. The highest BCUT2D eigenvalue weighted by Gasteiger charge is 2.54. The molecule has 5 amide bonds. The van der Waals surface area contributed by atoms with E-state index in [1.54, 1.807) is 26.0 Å². The van der Waals surface area contributed by atoms with Crippen LogP contribution in [0.2, 0.25) is 0 Å². The van der Waals surface area contributed by atoms with E-state index in [9.17, 15) is 63.3 Å². The van der Waals surface area contributed by atoms with Crippen molar-refractivity contribution in [3.8, 4) is 23.0 Å². The molecule has 1 fully saturated rings. The Morgan fingerprint density at radius 1 is 0.707 bits per heavy atom. The zero-order valence-electron chi connectivity index (χ0n) is 51.0. The number of fused-ring (bicyclic) bond motifs is 6. The molecule has 1 spiro atoms. The van der Waals surface area contributed by atoms with E-state index in [4.69, 9.17) is 30.5 Å². The third kappa shape index (κ3) is 15.7. The number of hydroxylamine groups is 1. The number of rotatable bonds is 25. The van der Waals surface area contributed by atoms with Crippen LogP contribution >= 0.6 is 0 Å². The molecule has 5 aromatic carbocycles. The number of anilines is 1. The molecular weight excluding hydrogens is 1200 g/mol. The van der Waals surface area contributed by atoms with E-state index in [1.807, 2.05) is 43.3 Å². The summed E-state index contributed by atoms with van der Waals surface area (Å²) in [6, 6.07) is 17.2. The van der Waals surface area contributed by atoms with Crippen LogP contribution in [0.4, 0.5) is 17.1 Å². The van der Waals surface area contributed by atoms with Gasteiger partial charge in [0.25, 0.3) is 0 Å². The molecule has 3 aliphatic rings. The number of amides is 5. The van der Waals surface area contributed by atoms with Crippen LogP contribution in [0.25, 0.3) is 0 Å². The van der Waals surface area contributed by atoms with Gasteiger partial charge in [-0.1, -0.05) is 13.8 Å². The fourth-order valence-electron chi connectivity index (χ4n) is 10.5. The topological polar surface area (TPSA) is 424 Å². The Morgan fingerprint density at radius 2 is 1.32 bits per heavy atom. The van der Waals surface area contributed by atoms with E-state index in [0.29, 0.717) is 17.8 Å². The average Bonchev–Trinajstić information content (AvgIpc) is 1.46. The van der Waals surface area contributed by atoms with Crippen molar-refractivity contribution in [1.82, 2.24) is 31.6 Å². The van der Waals surface area contributed by atoms with Crippen LogP contribution in [0.5, 0.6) is 23.0 Å². The minimum absolute atomic E-state index is 0.0147. The largest absolute Gasteiger partial charge is 0.508 e. The number of carbonyl (C=O) groups is 10. The zero-order chi connectivity index (χ0) is 66.7. The molecule has 0 bridgehead atoms. The van der Waals surface area contributed by atoms with Gasteiger partial charge in [0.05, 0.1) is 28.1 Å². The molecule has 29 heteroatoms. The van der Waals surface area contributed by atoms with Gasteiger partial charge in [0.2, 0.25) is 29.5 Å². The molecule has 484 valence electrons. The summed E-state index contributed by atoms with van der Waals surface area (Å²) in [5.74, 6) is -10.8. The molecule has 8 rings (SSSR count). The van der Waals surface area contributed by atoms with Crippen molar-refractivity contribution in [3.05, 3.63) is 137 Å². The van der Waals surface area contributed by atoms with Gasteiger partial charge in [0.15, 0.2) is 11.6 Å². The standard InChI is InChI=1S/C63H70N12O17/c1-32(2)52(56(83)69-47(25-26-51(78)79)61(88)90-58(85)36-13-22-42-45(29-36)63(91-60(42)87)43-23-20-40(76)30-49(43)89-50-31-41(77)21-24-44(50)63)70-55(82)48-10-8-28-75(48)57(84)34(4)68-53(80)33(3)67-54(81)46(9-7-27-66-62(64)65)73-92-59(86)35-11-14-37(15-12-35)71-72-38-16-18-39(19-17-38)74(5)6/h11-24,29-34,46-48,52,73,76-77H,7-10,25-28H2,1-6H3,(H,67,81)(H,68,80)(H,69,83)(H,70,82)(H,78,79)(H4,64,65,66)/t33-,34-,46-,47-,48-,52-/m0/s1. The van der Waals surface area contributed by atoms with Gasteiger partial charge in [-0.2, -0.15) is 10.2 Å². The zero-order valence-corrected chi connectivity index (χ0v) is 51.0. The quantitative estimate of drug-likeness (QED) is 0.00574. The number of nitrogens with zero attached hydrogens (tertiary/aromatic N) is 5. The highest BCUT2D eigenvalue weighted by molar-refractivity contribution is 6.03. The monoisotopic (exact) mass is 1270 g/mol. The summed E-state index contributed by atoms with van der Waals surface area (Å²) in [7, 11) is 3.84. The normalized spacial score (nSPS) is 15.8. The number of guanidine groups is 1. The molecule has 0 aliphatic carbocycles. The first-order valence-corrected chi connectivity index (χ1v) is 29.3. The van der Waals surface area contributed by atoms with Crippen LogP contribution in [-0.2, 0) is 53.5 Å². The Morgan fingerprint density at radius 3 is 1.91 bits per heavy atom. The Hall–Kier alpha value is -11.0. The van der Waals surface area contributed by atoms with Crippen LogP contribution in [0, 0.1) is 5.92 Å². The molecule has 0 radical (unpaired) electrons. The summed E-state index contributed by atoms with van der Waals surface area (Å²) in [4.78, 5) is 148. The maximum absolute atomic E-state index is 14.1. The number of aliphatic imine (C=N–C) groups is 1. The van der Waals surface area contributed by atoms with E-state index in [1.165, 1.54) is 85.5 Å². The number of ether oxygens (including phenoxy) is 3. The molecule has 3 heterocycles. The molecule has 0 aromatic heterocycles. The highest BCUT2D eigenvalue weighted by atomic mass is 16.7. The van der Waals surface area contributed by atoms with Crippen molar-refractivity contribution < 1.29 is 82.3 Å². The summed E-state index contributed by atoms with van der Waals surface area (Å²) in [6.45, 7) is 6.07. The summed E-state index contributed by atoms with van der Waals surface area (Å²) in [5, 5.41) is 48.8. The number of hydrogen-bond donors (Lipinski definition) is 10. The van der Waals surface area contributed by atoms with E-state index in [-0.39, 0.29) is 94.7 Å². The molecule has 3 aliphatic heterocycles. The van der Waals surface area contributed by atoms with Gasteiger partial charge in [-0.15, -0.1) is 5.48 Å². The molecule has 12 N–H and O–H groups in total. The third-order valence-corrected chi connectivity index (χ3v) is 15.3. The van der Waals surface area contributed by atoms with Crippen molar-refractivity contribution in [3.63, 3.8) is 0 Å². The average molecular weight is 1270 g/mol. The van der Waals surface area contributed by atoms with E-state index in [0.717, 1.165) is 5.69 Å². The molecule has 6 atom stereocenters. The first-order valence-electron chi connectivity index (χ1n) is 29.3. The Labute approximate surface area is 526 Å². The Kier molecular flexibility index (Phi) is 21.2. The minimum Gasteiger partial charge on any atom is -0.508 e. The lowest BCUT2D eigenvalue weighted by Crippen LogP contribution is -2.59. The Bertz CT molecular complexity index is 3690. The van der Waals surface area contributed by atoms with E-state index < -0.39 is 120 Å². The van der Waals surface area contributed by atoms with Crippen LogP contribution in [0.1, 0.15) is 114 Å². The summed E-state index contributed by atoms with van der Waals surface area (Å²) < 4.78 is 17.3. The SMILES string of the molecule is CC(C)[C@H](NC(=O)[C@@H]1CCCN1C(=O)[C@H](C)NC(=O)[C@H](C)NC(=O)[C@H](CCCN=C(N)N)NOC(=O)c1ccc(N=Nc2ccc(N(C)C)cc2)cc1)C(=O)N[C@@H](CCC(=O)O)C(=O)OC(=O)c1ccc2c(c1)C1(OC2=O)c2ccc(O)cc2Oc2cc(O)ccc21. The van der Waals surface area contributed by atoms with Gasteiger partial charge >= 0.3 is 29.8 Å². The number of nitrogens with one attached hydrogen (secondary N) is 5. The number of hydrogen-bond acceptors (Lipinski definition) is 21. The van der Waals surface area contributed by atoms with Gasteiger partial charge in [-0.25, -0.2) is 19.2 Å². The van der Waals surface area contributed by atoms with E-state index >= 15 is 0 Å². The van der Waals surface area contributed by atoms with Crippen molar-refractivity contribution in [2.45, 2.75) is 108 Å². The second kappa shape index (κ2) is 29.1. The van der Waals surface area contributed by atoms with E-state index in [2.05, 4.69) is 42.0 Å². The lowest BCUT2D eigenvalue weighted by atomic mass is 9.77. The summed E-state index contributed by atoms with van der Waals surface area (Å²) in [6.07, 6.45) is -0.507. The van der Waals surface area contributed by atoms with Gasteiger partial charge in [0, 0.05) is 68.1 Å². The summed E-state index contributed by atoms with van der Waals surface area (Å²) in [5.41, 5.74) is 14.1. The van der Waals surface area contributed by atoms with Crippen molar-refractivity contribution >= 4 is 82.4 Å². The van der Waals surface area contributed by atoms with Crippen LogP contribution in [-0.4, -0.2) is 149 Å². The molecule has 0 saturated carbocycles. The number of likely N-dealkylation sites (tertiary alicyclic amines) is 1. The number of phenolic OH excluding ortho intramolecular Hbond substituents is 2. The molecule has 5 aromatic rings. The Balaban J connectivity index is 0.867. The molecule has 0 unspecified atom stereocenters. The lowest BCUT2D eigenvalue weighted by Gasteiger charge is -2.36. The first-order chi connectivity index (χ1) is 43.7. The van der Waals surface area contributed by atoms with Crippen molar-refractivity contribution in [1.29, 1.82) is 0 Å². The number of esters is 3. The van der Waals surface area contributed by atoms with Crippen molar-refractivity contribution in [2.24, 2.45) is 32.6 Å². The predicted molar refractivity (Wildman–Crippen MR) is 328 cm³/mol. The molecule has 1 saturated heterocycles. The molecule has 29 nitrogen and oxygen atoms in total. The number of benzene rings is 5. The van der Waals surface area contributed by atoms with Gasteiger partial charge < -0.3 is 76.9 Å². The number of azo groups is 1. The number of carboxylic acids is 1. The highest BCUT2D eigenvalue weighted by Crippen LogP contribution is 2.57. The number of carboxylic acid groups (broad SMARTS) is 1. The number of aliphatic carboxylic acids is 1. The third-order valence-electron chi connectivity index (χ3n) is 15.3. The predicted octanol–water partition coefficient (Wildman–Crippen LogP) is 4.11. The van der Waals surface area contributed by atoms with Crippen molar-refractivity contribution in [2.75, 3.05) is 32.1 Å². The number of aromatic hydroxyl groups is 2. The number of phenols is 2. The number of nitrogens with two attached hydrogens (primary N) is 2. The fourth-order valence-corrected chi connectivity index (χ4v) is 10.5. The minimum atomic E-state index is -1.79. The molecular formula is C63H70N12O17. The second-order valence-electron chi connectivity index (χ2n) is 22.5. The van der Waals surface area contributed by atoms with Crippen LogP contribution in [0.3, 0.4) is 0 Å². The maximum atomic E-state index is 14.1. The number of carbonyl (C=O) groups excluding carboxylic acids is 9. The summed E-state index contributed by atoms with van der Waals surface area (Å²) >= 11 is 0. The first kappa shape index (κ1) is 67.0. The smallest absolute Gasteiger partial charge is 0.356 e. The fraction of sp³-hybridized carbons (Fsp3) is 0.349. The second-order valence-corrected chi connectivity index (χ2v) is 22.5. The lowest BCUT2D eigenvalue weighted by molar-refractivity contribution is -0.145. The maximum Gasteiger partial charge on any atom is 0.356 e. The van der Waals surface area contributed by atoms with Gasteiger partial charge in [-0.05, 0) is 143 Å². The van der Waals surface area contributed by atoms with Gasteiger partial charge in [-0.3, -0.25) is 33.8 Å².